The first kappa shape index (κ1) is 28.0. The van der Waals surface area contributed by atoms with E-state index in [0.717, 1.165) is 20.8 Å². The van der Waals surface area contributed by atoms with E-state index in [4.69, 9.17) is 40.3 Å². The van der Waals surface area contributed by atoms with Crippen molar-refractivity contribution in [3.8, 4) is 0 Å². The van der Waals surface area contributed by atoms with Gasteiger partial charge in [-0.1, -0.05) is 15.3 Å². The van der Waals surface area contributed by atoms with Crippen molar-refractivity contribution in [1.82, 2.24) is 0 Å². The van der Waals surface area contributed by atoms with Gasteiger partial charge < -0.3 is 28.8 Å². The third-order valence-electron chi connectivity index (χ3n) is 5.06. The van der Waals surface area contributed by atoms with Crippen molar-refractivity contribution < 1.29 is 43.2 Å². The Morgan fingerprint density at radius 3 is 1.94 bits per heavy atom. The Morgan fingerprint density at radius 1 is 0.917 bits per heavy atom. The van der Waals surface area contributed by atoms with E-state index in [1.165, 1.54) is 6.08 Å². The number of hydrogen-bond acceptors (Lipinski definition) is 12. The lowest BCUT2D eigenvalue weighted by molar-refractivity contribution is -0.237. The van der Waals surface area contributed by atoms with Crippen LogP contribution in [0.1, 0.15) is 27.2 Å². The maximum absolute atomic E-state index is 11.9. The van der Waals surface area contributed by atoms with E-state index < -0.39 is 73.3 Å². The van der Waals surface area contributed by atoms with E-state index >= 15 is 0 Å². The molecule has 0 saturated heterocycles. The average molecular weight is 509 g/mol. The highest BCUT2D eigenvalue weighted by molar-refractivity contribution is 5.67. The van der Waals surface area contributed by atoms with Crippen molar-refractivity contribution in [2.75, 3.05) is 6.61 Å². The maximum atomic E-state index is 11.9. The summed E-state index contributed by atoms with van der Waals surface area (Å²) in [5, 5.41) is 20.4. The highest BCUT2D eigenvalue weighted by Gasteiger charge is 2.51. The molecule has 0 aromatic rings. The zero-order valence-corrected chi connectivity index (χ0v) is 19.3. The lowest BCUT2D eigenvalue weighted by Gasteiger charge is -2.45. The fourth-order valence-electron chi connectivity index (χ4n) is 3.85. The van der Waals surface area contributed by atoms with Crippen molar-refractivity contribution in [2.24, 2.45) is 15.3 Å². The van der Waals surface area contributed by atoms with Crippen LogP contribution in [0.15, 0.2) is 27.2 Å². The summed E-state index contributed by atoms with van der Waals surface area (Å²) in [6.07, 6.45) is -5.96. The van der Waals surface area contributed by atoms with Crippen molar-refractivity contribution in [3.63, 3.8) is 0 Å². The smallest absolute Gasteiger partial charge is 0.303 e. The number of aliphatic hydroxyl groups excluding tert-OH is 1. The van der Waals surface area contributed by atoms with Gasteiger partial charge in [-0.25, -0.2) is 0 Å². The van der Waals surface area contributed by atoms with E-state index in [-0.39, 0.29) is 12.2 Å². The minimum absolute atomic E-state index is 0.0979. The molecule has 1 N–H and O–H groups in total. The molecule has 18 heteroatoms. The normalized spacial score (nSPS) is 31.1. The van der Waals surface area contributed by atoms with Crippen LogP contribution in [0.2, 0.25) is 0 Å². The maximum Gasteiger partial charge on any atom is 0.303 e. The Hall–Kier alpha value is -4.20. The lowest BCUT2D eigenvalue weighted by Crippen LogP contribution is -2.60. The second kappa shape index (κ2) is 13.0. The summed E-state index contributed by atoms with van der Waals surface area (Å²) in [5.74, 6) is -2.46. The van der Waals surface area contributed by atoms with Gasteiger partial charge in [0, 0.05) is 35.5 Å². The Labute approximate surface area is 202 Å². The number of esters is 3. The molecule has 1 saturated carbocycles. The molecule has 0 spiro atoms. The highest BCUT2D eigenvalue weighted by Crippen LogP contribution is 2.35. The Kier molecular flexibility index (Phi) is 10.2. The first-order valence-corrected chi connectivity index (χ1v) is 10.4. The number of carbonyl (C=O) groups is 3. The van der Waals surface area contributed by atoms with Crippen LogP contribution >= 0.6 is 0 Å². The second-order valence-corrected chi connectivity index (χ2v) is 7.58. The topological polar surface area (TPSA) is 264 Å². The fraction of sp³-hybridized carbons (Fsp3) is 0.722. The average Bonchev–Trinajstić information content (AvgIpc) is 2.79. The van der Waals surface area contributed by atoms with Crippen LogP contribution in [0, 0.1) is 0 Å². The third kappa shape index (κ3) is 7.15. The molecule has 0 amide bonds. The molecule has 0 aromatic heterocycles. The minimum Gasteiger partial charge on any atom is -0.466 e. The summed E-state index contributed by atoms with van der Waals surface area (Å²) >= 11 is 0. The molecule has 2 rings (SSSR count). The third-order valence-corrected chi connectivity index (χ3v) is 5.06. The summed E-state index contributed by atoms with van der Waals surface area (Å²) in [4.78, 5) is 43.5. The first-order valence-electron chi connectivity index (χ1n) is 10.4. The number of carbonyl (C=O) groups excluding carboxylic acids is 3. The molecule has 0 radical (unpaired) electrons. The molecule has 0 bridgehead atoms. The molecule has 1 aliphatic carbocycles. The SMILES string of the molecule is CC(=O)OC1C=C(CO)O[C@H](O[C@@H]2C(N=[N+]=[N-])C[C@@H](N=[N+]=[N-])[C@@H](OC(C)=O)C2OC(C)=O)C1N=[N+]=[N-]. The van der Waals surface area contributed by atoms with Crippen molar-refractivity contribution in [1.29, 1.82) is 0 Å². The number of hydrogen-bond donors (Lipinski definition) is 1. The van der Waals surface area contributed by atoms with Gasteiger partial charge in [0.25, 0.3) is 0 Å². The van der Waals surface area contributed by atoms with Gasteiger partial charge in [0.05, 0.1) is 12.1 Å². The standard InChI is InChI=1S/C18H23N9O9/c1-7(29)32-13-4-10(6-28)35-18(14(13)24-27-21)36-16-12(23-26-20)5-11(22-25-19)15(33-8(2)30)17(16)34-9(3)31/h4,11-18,28H,5-6H2,1-3H3/t11-,12?,13?,14?,15-,16-,17?,18-/m1/s1. The lowest BCUT2D eigenvalue weighted by atomic mass is 9.84. The Morgan fingerprint density at radius 2 is 1.44 bits per heavy atom. The van der Waals surface area contributed by atoms with Crippen LogP contribution in [-0.2, 0) is 38.1 Å². The van der Waals surface area contributed by atoms with Crippen LogP contribution < -0.4 is 0 Å². The van der Waals surface area contributed by atoms with E-state index in [0.29, 0.717) is 0 Å². The van der Waals surface area contributed by atoms with Gasteiger partial charge in [-0.15, -0.1) is 0 Å². The van der Waals surface area contributed by atoms with Gasteiger partial charge in [-0.3, -0.25) is 14.4 Å². The molecule has 4 unspecified atom stereocenters. The van der Waals surface area contributed by atoms with Gasteiger partial charge in [0.1, 0.15) is 36.7 Å². The number of aliphatic hydroxyl groups is 1. The first-order chi connectivity index (χ1) is 17.1. The summed E-state index contributed by atoms with van der Waals surface area (Å²) in [6.45, 7) is 2.61. The van der Waals surface area contributed by atoms with Gasteiger partial charge in [-0.05, 0) is 29.1 Å². The minimum atomic E-state index is -1.55. The predicted octanol–water partition coefficient (Wildman–Crippen LogP) is 1.84. The summed E-state index contributed by atoms with van der Waals surface area (Å²) < 4.78 is 27.3. The van der Waals surface area contributed by atoms with Crippen LogP contribution in [0.4, 0.5) is 0 Å². The number of rotatable bonds is 9. The molecule has 1 fully saturated rings. The number of azide groups is 3. The number of nitrogens with zero attached hydrogens (tertiary/aromatic N) is 9. The monoisotopic (exact) mass is 509 g/mol. The summed E-state index contributed by atoms with van der Waals surface area (Å²) in [7, 11) is 0. The largest absolute Gasteiger partial charge is 0.466 e. The quantitative estimate of drug-likeness (QED) is 0.156. The molecular formula is C18H23N9O9. The predicted molar refractivity (Wildman–Crippen MR) is 115 cm³/mol. The number of ether oxygens (including phenoxy) is 5. The van der Waals surface area contributed by atoms with Crippen LogP contribution in [0.3, 0.4) is 0 Å². The van der Waals surface area contributed by atoms with Crippen LogP contribution in [0.25, 0.3) is 31.3 Å². The van der Waals surface area contributed by atoms with Gasteiger partial charge in [-0.2, -0.15) is 0 Å². The molecule has 194 valence electrons. The molecule has 18 nitrogen and oxygen atoms in total. The van der Waals surface area contributed by atoms with Gasteiger partial charge in [0.2, 0.25) is 6.29 Å². The zero-order chi connectivity index (χ0) is 26.8. The van der Waals surface area contributed by atoms with Gasteiger partial charge >= 0.3 is 17.9 Å². The Balaban J connectivity index is 2.57. The van der Waals surface area contributed by atoms with Crippen LogP contribution in [0.5, 0.6) is 0 Å². The van der Waals surface area contributed by atoms with E-state index in [2.05, 4.69) is 30.1 Å². The van der Waals surface area contributed by atoms with Gasteiger partial charge in [0.15, 0.2) is 6.10 Å². The van der Waals surface area contributed by atoms with Crippen LogP contribution in [-0.4, -0.2) is 78.5 Å². The van der Waals surface area contributed by atoms with E-state index in [9.17, 15) is 19.5 Å². The van der Waals surface area contributed by atoms with Crippen molar-refractivity contribution in [3.05, 3.63) is 43.2 Å². The molecular weight excluding hydrogens is 486 g/mol. The molecule has 36 heavy (non-hydrogen) atoms. The molecule has 8 atom stereocenters. The zero-order valence-electron chi connectivity index (χ0n) is 19.3. The molecule has 1 aliphatic heterocycles. The fourth-order valence-corrected chi connectivity index (χ4v) is 3.85. The molecule has 2 aliphatic rings. The van der Waals surface area contributed by atoms with E-state index in [1.54, 1.807) is 0 Å². The molecule has 1 heterocycles. The second-order valence-electron chi connectivity index (χ2n) is 7.58. The Bertz CT molecular complexity index is 1030. The molecule has 0 aromatic carbocycles. The van der Waals surface area contributed by atoms with E-state index in [1.807, 2.05) is 0 Å². The summed E-state index contributed by atoms with van der Waals surface area (Å²) in [5.41, 5.74) is 27.1. The van der Waals surface area contributed by atoms with Crippen molar-refractivity contribution in [2.45, 2.75) is 76.0 Å². The van der Waals surface area contributed by atoms with Crippen molar-refractivity contribution >= 4 is 17.9 Å². The summed E-state index contributed by atoms with van der Waals surface area (Å²) in [6, 6.07) is -3.60. The highest BCUT2D eigenvalue weighted by atomic mass is 16.7.